The lowest BCUT2D eigenvalue weighted by atomic mass is 9.66. The summed E-state index contributed by atoms with van der Waals surface area (Å²) in [4.78, 5) is 14.2. The Morgan fingerprint density at radius 2 is 2.27 bits per heavy atom. The minimum atomic E-state index is -0.728. The average Bonchev–Trinajstić information content (AvgIpc) is 2.78. The van der Waals surface area contributed by atoms with Gasteiger partial charge in [0.25, 0.3) is 0 Å². The molecule has 1 amide bonds. The van der Waals surface area contributed by atoms with Gasteiger partial charge in [0, 0.05) is 32.0 Å². The lowest BCUT2D eigenvalue weighted by molar-refractivity contribution is -0.133. The van der Waals surface area contributed by atoms with Crippen molar-refractivity contribution in [1.82, 2.24) is 4.90 Å². The second-order valence-electron chi connectivity index (χ2n) is 6.31. The lowest BCUT2D eigenvalue weighted by Gasteiger charge is -2.38. The molecule has 1 aromatic rings. The van der Waals surface area contributed by atoms with Crippen LogP contribution in [-0.2, 0) is 16.8 Å². The highest BCUT2D eigenvalue weighted by molar-refractivity contribution is 5.81. The van der Waals surface area contributed by atoms with Gasteiger partial charge >= 0.3 is 0 Å². The third-order valence-corrected chi connectivity index (χ3v) is 5.20. The summed E-state index contributed by atoms with van der Waals surface area (Å²) in [6.07, 6.45) is 3.70. The molecule has 1 aromatic carbocycles. The molecule has 3 atom stereocenters. The maximum atomic E-state index is 12.5. The highest BCUT2D eigenvalue weighted by Gasteiger charge is 2.58. The molecule has 0 aromatic heterocycles. The number of methoxy groups -OCH3 is 1. The van der Waals surface area contributed by atoms with E-state index in [0.717, 1.165) is 11.1 Å². The first kappa shape index (κ1) is 13.6. The van der Waals surface area contributed by atoms with Crippen molar-refractivity contribution in [2.45, 2.75) is 37.0 Å². The number of aliphatic hydroxyl groups is 1. The summed E-state index contributed by atoms with van der Waals surface area (Å²) >= 11 is 0. The van der Waals surface area contributed by atoms with Gasteiger partial charge in [-0.15, -0.1) is 0 Å². The second kappa shape index (κ2) is 4.49. The first-order valence-electron chi connectivity index (χ1n) is 7.53. The van der Waals surface area contributed by atoms with Gasteiger partial charge in [-0.1, -0.05) is 18.2 Å². The molecule has 2 heterocycles. The monoisotopic (exact) mass is 301 g/mol. The number of rotatable bonds is 1. The van der Waals surface area contributed by atoms with E-state index < -0.39 is 11.5 Å². The molecule has 0 fully saturated rings. The molecule has 0 unspecified atom stereocenters. The van der Waals surface area contributed by atoms with Crippen LogP contribution in [0.5, 0.6) is 11.5 Å². The average molecular weight is 301 g/mol. The van der Waals surface area contributed by atoms with E-state index in [4.69, 9.17) is 9.47 Å². The highest BCUT2D eigenvalue weighted by atomic mass is 16.5. The predicted molar refractivity (Wildman–Crippen MR) is 79.9 cm³/mol. The van der Waals surface area contributed by atoms with Crippen LogP contribution in [0.1, 0.15) is 24.0 Å². The molecular formula is C17H19NO4. The molecule has 116 valence electrons. The molecule has 0 bridgehead atoms. The summed E-state index contributed by atoms with van der Waals surface area (Å²) in [5.41, 5.74) is 1.28. The van der Waals surface area contributed by atoms with Gasteiger partial charge in [0.15, 0.2) is 11.5 Å². The van der Waals surface area contributed by atoms with Crippen LogP contribution in [0.4, 0.5) is 0 Å². The lowest BCUT2D eigenvalue weighted by Crippen LogP contribution is -2.50. The minimum Gasteiger partial charge on any atom is -0.493 e. The number of carbonyl (C=O) groups is 1. The number of amides is 1. The Labute approximate surface area is 129 Å². The van der Waals surface area contributed by atoms with Crippen LogP contribution in [0.15, 0.2) is 24.3 Å². The normalized spacial score (nSPS) is 32.1. The minimum absolute atomic E-state index is 0.0333. The van der Waals surface area contributed by atoms with Crippen LogP contribution < -0.4 is 9.47 Å². The fourth-order valence-corrected chi connectivity index (χ4v) is 4.07. The quantitative estimate of drug-likeness (QED) is 0.796. The predicted octanol–water partition coefficient (Wildman–Crippen LogP) is 1.38. The van der Waals surface area contributed by atoms with Gasteiger partial charge in [0.2, 0.25) is 5.91 Å². The van der Waals surface area contributed by atoms with Gasteiger partial charge in [-0.25, -0.2) is 0 Å². The van der Waals surface area contributed by atoms with Crippen molar-refractivity contribution < 1.29 is 19.4 Å². The van der Waals surface area contributed by atoms with Crippen LogP contribution in [0.2, 0.25) is 0 Å². The molecular weight excluding hydrogens is 282 g/mol. The Balaban J connectivity index is 2.02. The van der Waals surface area contributed by atoms with Crippen molar-refractivity contribution in [3.8, 4) is 11.5 Å². The van der Waals surface area contributed by atoms with Crippen LogP contribution in [0.3, 0.4) is 0 Å². The van der Waals surface area contributed by atoms with Crippen molar-refractivity contribution in [2.75, 3.05) is 14.2 Å². The molecule has 4 rings (SSSR count). The molecule has 2 aliphatic heterocycles. The third-order valence-electron chi connectivity index (χ3n) is 5.20. The Kier molecular flexibility index (Phi) is 2.78. The molecule has 0 saturated heterocycles. The van der Waals surface area contributed by atoms with Crippen LogP contribution in [0, 0.1) is 0 Å². The summed E-state index contributed by atoms with van der Waals surface area (Å²) in [5.74, 6) is 1.39. The molecule has 0 radical (unpaired) electrons. The maximum Gasteiger partial charge on any atom is 0.223 e. The van der Waals surface area contributed by atoms with E-state index in [1.807, 2.05) is 18.2 Å². The SMILES string of the molecule is COc1ccc2c3c1O[C@H]1CC=C[C@H](O)[C@@]31CC(=O)N(C)C2. The first-order chi connectivity index (χ1) is 10.6. The molecule has 1 aliphatic carbocycles. The zero-order chi connectivity index (χ0) is 15.5. The standard InChI is InChI=1S/C17H19NO4/c1-18-9-10-6-7-11(21-2)16-15(10)17(8-14(18)20)12(19)4-3-5-13(17)22-16/h3-4,6-7,12-13,19H,5,8-9H2,1-2H3/t12-,13-,17+/m0/s1. The zero-order valence-corrected chi connectivity index (χ0v) is 12.7. The number of aliphatic hydroxyl groups excluding tert-OH is 1. The summed E-state index contributed by atoms with van der Waals surface area (Å²) in [6.45, 7) is 0.527. The molecule has 1 spiro atoms. The van der Waals surface area contributed by atoms with Gasteiger partial charge in [0.05, 0.1) is 18.6 Å². The van der Waals surface area contributed by atoms with Crippen LogP contribution in [-0.4, -0.2) is 42.3 Å². The number of hydrogen-bond donors (Lipinski definition) is 1. The van der Waals surface area contributed by atoms with Crippen molar-refractivity contribution >= 4 is 5.91 Å². The third kappa shape index (κ3) is 1.54. The van der Waals surface area contributed by atoms with E-state index >= 15 is 0 Å². The van der Waals surface area contributed by atoms with Crippen molar-refractivity contribution in [2.24, 2.45) is 0 Å². The maximum absolute atomic E-state index is 12.5. The topological polar surface area (TPSA) is 59.0 Å². The van der Waals surface area contributed by atoms with Crippen LogP contribution >= 0.6 is 0 Å². The highest BCUT2D eigenvalue weighted by Crippen LogP contribution is 2.56. The number of hydrogen-bond acceptors (Lipinski definition) is 4. The number of benzene rings is 1. The molecule has 0 saturated carbocycles. The number of carbonyl (C=O) groups excluding carboxylic acids is 1. The van der Waals surface area contributed by atoms with E-state index in [1.54, 1.807) is 25.1 Å². The molecule has 3 aliphatic rings. The molecule has 1 N–H and O–H groups in total. The van der Waals surface area contributed by atoms with E-state index in [9.17, 15) is 9.90 Å². The van der Waals surface area contributed by atoms with E-state index in [1.165, 1.54) is 0 Å². The smallest absolute Gasteiger partial charge is 0.223 e. The Morgan fingerprint density at radius 1 is 1.45 bits per heavy atom. The van der Waals surface area contributed by atoms with E-state index in [-0.39, 0.29) is 18.4 Å². The molecule has 22 heavy (non-hydrogen) atoms. The van der Waals surface area contributed by atoms with Gasteiger partial charge in [-0.3, -0.25) is 4.79 Å². The summed E-state index contributed by atoms with van der Waals surface area (Å²) in [6, 6.07) is 3.86. The fourth-order valence-electron chi connectivity index (χ4n) is 4.07. The van der Waals surface area contributed by atoms with E-state index in [0.29, 0.717) is 24.5 Å². The molecule has 5 heteroatoms. The van der Waals surface area contributed by atoms with Gasteiger partial charge in [-0.2, -0.15) is 0 Å². The Bertz CT molecular complexity index is 683. The first-order valence-corrected chi connectivity index (χ1v) is 7.53. The van der Waals surface area contributed by atoms with Gasteiger partial charge in [-0.05, 0) is 11.6 Å². The summed E-state index contributed by atoms with van der Waals surface area (Å²) in [5, 5.41) is 10.7. The van der Waals surface area contributed by atoms with E-state index in [2.05, 4.69) is 0 Å². The summed E-state index contributed by atoms with van der Waals surface area (Å²) < 4.78 is 11.6. The van der Waals surface area contributed by atoms with Crippen LogP contribution in [0.25, 0.3) is 0 Å². The van der Waals surface area contributed by atoms with Crippen molar-refractivity contribution in [1.29, 1.82) is 0 Å². The van der Waals surface area contributed by atoms with Gasteiger partial charge in [0.1, 0.15) is 6.10 Å². The fraction of sp³-hybridized carbons (Fsp3) is 0.471. The second-order valence-corrected chi connectivity index (χ2v) is 6.31. The Hall–Kier alpha value is -2.01. The van der Waals surface area contributed by atoms with Gasteiger partial charge < -0.3 is 19.5 Å². The summed E-state index contributed by atoms with van der Waals surface area (Å²) in [7, 11) is 3.41. The molecule has 5 nitrogen and oxygen atoms in total. The largest absolute Gasteiger partial charge is 0.493 e. The number of ether oxygens (including phenoxy) is 2. The number of nitrogens with zero attached hydrogens (tertiary/aromatic N) is 1. The van der Waals surface area contributed by atoms with Crippen molar-refractivity contribution in [3.63, 3.8) is 0 Å². The zero-order valence-electron chi connectivity index (χ0n) is 12.7. The Morgan fingerprint density at radius 3 is 3.05 bits per heavy atom. The van der Waals surface area contributed by atoms with Crippen molar-refractivity contribution in [3.05, 3.63) is 35.4 Å².